The van der Waals surface area contributed by atoms with E-state index in [2.05, 4.69) is 58.9 Å². The van der Waals surface area contributed by atoms with E-state index < -0.39 is 0 Å². The maximum Gasteiger partial charge on any atom is 0.0197 e. The third kappa shape index (κ3) is 3.63. The summed E-state index contributed by atoms with van der Waals surface area (Å²) in [4.78, 5) is 0. The van der Waals surface area contributed by atoms with Gasteiger partial charge in [0.1, 0.15) is 0 Å². The first-order valence-electron chi connectivity index (χ1n) is 8.08. The van der Waals surface area contributed by atoms with Crippen LogP contribution in [-0.2, 0) is 11.8 Å². The van der Waals surface area contributed by atoms with Crippen LogP contribution in [0.5, 0.6) is 0 Å². The highest BCUT2D eigenvalue weighted by atomic mass is 14.7. The molecule has 112 valence electrons. The fraction of sp³-hybridized carbons (Fsp3) is 0.684. The number of hydrogen-bond acceptors (Lipinski definition) is 1. The van der Waals surface area contributed by atoms with Gasteiger partial charge in [-0.25, -0.2) is 0 Å². The van der Waals surface area contributed by atoms with Gasteiger partial charge in [0.25, 0.3) is 0 Å². The zero-order valence-corrected chi connectivity index (χ0v) is 13.9. The molecule has 1 aromatic carbocycles. The van der Waals surface area contributed by atoms with Crippen LogP contribution >= 0.6 is 0 Å². The van der Waals surface area contributed by atoms with Crippen LogP contribution in [0, 0.1) is 11.8 Å². The second kappa shape index (κ2) is 5.52. The van der Waals surface area contributed by atoms with Crippen molar-refractivity contribution in [3.63, 3.8) is 0 Å². The van der Waals surface area contributed by atoms with Crippen molar-refractivity contribution in [3.05, 3.63) is 35.4 Å². The van der Waals surface area contributed by atoms with E-state index in [9.17, 15) is 0 Å². The van der Waals surface area contributed by atoms with Gasteiger partial charge >= 0.3 is 0 Å². The van der Waals surface area contributed by atoms with Gasteiger partial charge in [-0.3, -0.25) is 0 Å². The van der Waals surface area contributed by atoms with E-state index in [1.165, 1.54) is 24.0 Å². The van der Waals surface area contributed by atoms with Crippen molar-refractivity contribution in [3.8, 4) is 0 Å². The summed E-state index contributed by atoms with van der Waals surface area (Å²) in [6, 6.07) is 9.09. The molecule has 3 atom stereocenters. The Balaban J connectivity index is 2.06. The van der Waals surface area contributed by atoms with Crippen molar-refractivity contribution in [2.75, 3.05) is 0 Å². The lowest BCUT2D eigenvalue weighted by Gasteiger charge is -2.40. The van der Waals surface area contributed by atoms with Gasteiger partial charge in [0.05, 0.1) is 0 Å². The molecule has 2 rings (SSSR count). The van der Waals surface area contributed by atoms with Crippen LogP contribution in [0.25, 0.3) is 0 Å². The molecule has 20 heavy (non-hydrogen) atoms. The van der Waals surface area contributed by atoms with Crippen molar-refractivity contribution < 1.29 is 0 Å². The third-order valence-electron chi connectivity index (χ3n) is 5.17. The summed E-state index contributed by atoms with van der Waals surface area (Å²) >= 11 is 0. The van der Waals surface area contributed by atoms with E-state index in [1.54, 1.807) is 0 Å². The lowest BCUT2D eigenvalue weighted by atomic mass is 9.69. The Morgan fingerprint density at radius 3 is 2.20 bits per heavy atom. The predicted octanol–water partition coefficient (Wildman–Crippen LogP) is 4.68. The molecule has 1 aliphatic rings. The molecule has 0 saturated heterocycles. The van der Waals surface area contributed by atoms with Crippen LogP contribution in [0.15, 0.2) is 24.3 Å². The van der Waals surface area contributed by atoms with Crippen LogP contribution in [0.4, 0.5) is 0 Å². The van der Waals surface area contributed by atoms with Gasteiger partial charge < -0.3 is 5.73 Å². The van der Waals surface area contributed by atoms with Gasteiger partial charge in [0.15, 0.2) is 0 Å². The molecule has 0 spiro atoms. The standard InChI is InChI=1S/C19H31N/c1-14-10-11-19(20,12-15(14)2)13-16-6-8-17(9-7-16)18(3,4)5/h6-9,14-15H,10-13,20H2,1-5H3. The summed E-state index contributed by atoms with van der Waals surface area (Å²) < 4.78 is 0. The molecule has 1 aliphatic carbocycles. The minimum Gasteiger partial charge on any atom is -0.325 e. The van der Waals surface area contributed by atoms with E-state index >= 15 is 0 Å². The Bertz CT molecular complexity index is 440. The molecule has 1 fully saturated rings. The predicted molar refractivity (Wildman–Crippen MR) is 87.9 cm³/mol. The number of rotatable bonds is 2. The van der Waals surface area contributed by atoms with Gasteiger partial charge in [0, 0.05) is 5.54 Å². The highest BCUT2D eigenvalue weighted by Gasteiger charge is 2.34. The average molecular weight is 273 g/mol. The molecule has 3 unspecified atom stereocenters. The first-order chi connectivity index (χ1) is 9.20. The van der Waals surface area contributed by atoms with E-state index in [0.29, 0.717) is 0 Å². The molecule has 0 radical (unpaired) electrons. The highest BCUT2D eigenvalue weighted by molar-refractivity contribution is 5.28. The summed E-state index contributed by atoms with van der Waals surface area (Å²) in [6.45, 7) is 11.5. The van der Waals surface area contributed by atoms with Gasteiger partial charge in [-0.1, -0.05) is 58.9 Å². The summed E-state index contributed by atoms with van der Waals surface area (Å²) in [5.74, 6) is 1.58. The Labute approximate surface area is 125 Å². The molecule has 0 bridgehead atoms. The van der Waals surface area contributed by atoms with Crippen LogP contribution in [0.2, 0.25) is 0 Å². The quantitative estimate of drug-likeness (QED) is 0.832. The van der Waals surface area contributed by atoms with E-state index in [4.69, 9.17) is 5.73 Å². The maximum atomic E-state index is 6.67. The van der Waals surface area contributed by atoms with E-state index in [-0.39, 0.29) is 11.0 Å². The minimum atomic E-state index is 0.00910. The summed E-state index contributed by atoms with van der Waals surface area (Å²) in [5.41, 5.74) is 9.70. The topological polar surface area (TPSA) is 26.0 Å². The molecule has 0 aliphatic heterocycles. The molecule has 1 aromatic rings. The number of benzene rings is 1. The summed E-state index contributed by atoms with van der Waals surface area (Å²) in [7, 11) is 0. The second-order valence-corrected chi connectivity index (χ2v) is 8.18. The molecule has 1 heteroatoms. The van der Waals surface area contributed by atoms with E-state index in [0.717, 1.165) is 24.7 Å². The zero-order valence-electron chi connectivity index (χ0n) is 13.9. The van der Waals surface area contributed by atoms with Crippen LogP contribution in [0.3, 0.4) is 0 Å². The van der Waals surface area contributed by atoms with Crippen molar-refractivity contribution in [2.45, 2.75) is 71.3 Å². The molecule has 2 N–H and O–H groups in total. The number of nitrogens with two attached hydrogens (primary N) is 1. The van der Waals surface area contributed by atoms with Crippen molar-refractivity contribution in [1.29, 1.82) is 0 Å². The van der Waals surface area contributed by atoms with Crippen LogP contribution in [-0.4, -0.2) is 5.54 Å². The fourth-order valence-electron chi connectivity index (χ4n) is 3.43. The summed E-state index contributed by atoms with van der Waals surface area (Å²) in [6.07, 6.45) is 4.63. The SMILES string of the molecule is CC1CCC(N)(Cc2ccc(C(C)(C)C)cc2)CC1C. The first kappa shape index (κ1) is 15.6. The maximum absolute atomic E-state index is 6.67. The zero-order chi connectivity index (χ0) is 15.0. The molecular weight excluding hydrogens is 242 g/mol. The molecule has 0 aromatic heterocycles. The minimum absolute atomic E-state index is 0.00910. The van der Waals surface area contributed by atoms with Gasteiger partial charge in [-0.05, 0) is 54.1 Å². The Hall–Kier alpha value is -0.820. The van der Waals surface area contributed by atoms with E-state index in [1.807, 2.05) is 0 Å². The average Bonchev–Trinajstić information content (AvgIpc) is 2.34. The smallest absolute Gasteiger partial charge is 0.0197 e. The first-order valence-corrected chi connectivity index (χ1v) is 8.08. The van der Waals surface area contributed by atoms with Gasteiger partial charge in [0.2, 0.25) is 0 Å². The Kier molecular flexibility index (Phi) is 4.30. The third-order valence-corrected chi connectivity index (χ3v) is 5.17. The largest absolute Gasteiger partial charge is 0.325 e. The molecular formula is C19H31N. The second-order valence-electron chi connectivity index (χ2n) is 8.18. The molecule has 0 amide bonds. The molecule has 1 nitrogen and oxygen atoms in total. The lowest BCUT2D eigenvalue weighted by Crippen LogP contribution is -2.47. The number of hydrogen-bond donors (Lipinski definition) is 1. The highest BCUT2D eigenvalue weighted by Crippen LogP contribution is 2.36. The van der Waals surface area contributed by atoms with Gasteiger partial charge in [-0.2, -0.15) is 0 Å². The fourth-order valence-corrected chi connectivity index (χ4v) is 3.43. The van der Waals surface area contributed by atoms with Crippen molar-refractivity contribution in [1.82, 2.24) is 0 Å². The molecule has 1 saturated carbocycles. The summed E-state index contributed by atoms with van der Waals surface area (Å²) in [5, 5.41) is 0. The van der Waals surface area contributed by atoms with Crippen LogP contribution in [0.1, 0.15) is 65.0 Å². The van der Waals surface area contributed by atoms with Crippen LogP contribution < -0.4 is 5.73 Å². The Morgan fingerprint density at radius 1 is 1.10 bits per heavy atom. The Morgan fingerprint density at radius 2 is 1.70 bits per heavy atom. The van der Waals surface area contributed by atoms with Gasteiger partial charge in [-0.15, -0.1) is 0 Å². The molecule has 0 heterocycles. The monoisotopic (exact) mass is 273 g/mol. The normalized spacial score (nSPS) is 31.3. The van der Waals surface area contributed by atoms with Crippen molar-refractivity contribution >= 4 is 0 Å². The lowest BCUT2D eigenvalue weighted by molar-refractivity contribution is 0.176. The van der Waals surface area contributed by atoms with Crippen molar-refractivity contribution in [2.24, 2.45) is 17.6 Å².